The molecule has 1 aromatic rings. The molecule has 110 valence electrons. The van der Waals surface area contributed by atoms with Crippen LogP contribution in [0.2, 0.25) is 0 Å². The Hall–Kier alpha value is -1.01. The fraction of sp³-hybridized carbons (Fsp3) is 0.500. The van der Waals surface area contributed by atoms with Gasteiger partial charge in [-0.2, -0.15) is 0 Å². The minimum absolute atomic E-state index is 0.280. The third-order valence-corrected chi connectivity index (χ3v) is 3.98. The molecule has 1 amide bonds. The Kier molecular flexibility index (Phi) is 5.10. The van der Waals surface area contributed by atoms with Crippen LogP contribution in [0, 0.1) is 17.6 Å². The summed E-state index contributed by atoms with van der Waals surface area (Å²) < 4.78 is 32.9. The number of piperidine rings is 1. The molecule has 2 rings (SSSR count). The molecule has 0 bridgehead atoms. The van der Waals surface area contributed by atoms with Crippen LogP contribution in [0.3, 0.4) is 0 Å². The molecule has 0 saturated carbocycles. The summed E-state index contributed by atoms with van der Waals surface area (Å²) in [7, 11) is 1.64. The molecule has 0 atom stereocenters. The number of hydrogen-bond acceptors (Lipinski definition) is 2. The summed E-state index contributed by atoms with van der Waals surface area (Å²) in [5, 5.41) is 0. The average molecular weight is 348 g/mol. The number of likely N-dealkylation sites (tertiary alicyclic amines) is 1. The number of carbonyl (C=O) groups excluding carboxylic acids is 1. The molecule has 0 N–H and O–H groups in total. The van der Waals surface area contributed by atoms with Crippen molar-refractivity contribution in [1.82, 2.24) is 4.90 Å². The summed E-state index contributed by atoms with van der Waals surface area (Å²) in [6, 6.07) is 2.21. The van der Waals surface area contributed by atoms with E-state index < -0.39 is 23.1 Å². The molecule has 3 nitrogen and oxygen atoms in total. The number of hydrogen-bond donors (Lipinski definition) is 0. The van der Waals surface area contributed by atoms with Crippen molar-refractivity contribution in [3.63, 3.8) is 0 Å². The van der Waals surface area contributed by atoms with E-state index in [-0.39, 0.29) is 4.47 Å². The van der Waals surface area contributed by atoms with Crippen molar-refractivity contribution in [2.45, 2.75) is 12.8 Å². The lowest BCUT2D eigenvalue weighted by Crippen LogP contribution is -2.40. The van der Waals surface area contributed by atoms with E-state index in [2.05, 4.69) is 15.9 Å². The maximum absolute atomic E-state index is 13.8. The molecule has 6 heteroatoms. The third kappa shape index (κ3) is 3.35. The Morgan fingerprint density at radius 3 is 2.40 bits per heavy atom. The second-order valence-corrected chi connectivity index (χ2v) is 5.85. The van der Waals surface area contributed by atoms with Crippen molar-refractivity contribution in [2.75, 3.05) is 26.8 Å². The van der Waals surface area contributed by atoms with E-state index in [9.17, 15) is 13.6 Å². The number of methoxy groups -OCH3 is 1. The number of rotatable bonds is 3. The molecule has 20 heavy (non-hydrogen) atoms. The minimum atomic E-state index is -0.833. The van der Waals surface area contributed by atoms with Gasteiger partial charge in [-0.15, -0.1) is 0 Å². The molecular formula is C14H16BrF2NO2. The van der Waals surface area contributed by atoms with Crippen molar-refractivity contribution in [1.29, 1.82) is 0 Å². The first kappa shape index (κ1) is 15.4. The van der Waals surface area contributed by atoms with E-state index in [1.54, 1.807) is 7.11 Å². The monoisotopic (exact) mass is 347 g/mol. The molecular weight excluding hydrogens is 332 g/mol. The average Bonchev–Trinajstić information content (AvgIpc) is 2.38. The van der Waals surface area contributed by atoms with Crippen molar-refractivity contribution >= 4 is 21.8 Å². The Labute approximate surface area is 125 Å². The first-order valence-electron chi connectivity index (χ1n) is 6.45. The molecule has 1 saturated heterocycles. The molecule has 1 heterocycles. The van der Waals surface area contributed by atoms with Gasteiger partial charge in [0.2, 0.25) is 0 Å². The zero-order valence-electron chi connectivity index (χ0n) is 11.2. The number of carbonyl (C=O) groups is 1. The molecule has 1 fully saturated rings. The van der Waals surface area contributed by atoms with Crippen LogP contribution in [0.5, 0.6) is 0 Å². The van der Waals surface area contributed by atoms with Crippen LogP contribution in [-0.4, -0.2) is 37.6 Å². The first-order chi connectivity index (χ1) is 9.52. The highest BCUT2D eigenvalue weighted by molar-refractivity contribution is 9.10. The van der Waals surface area contributed by atoms with Gasteiger partial charge in [-0.25, -0.2) is 8.78 Å². The molecule has 0 unspecified atom stereocenters. The second-order valence-electron chi connectivity index (χ2n) is 4.94. The smallest absolute Gasteiger partial charge is 0.259 e. The van der Waals surface area contributed by atoms with Gasteiger partial charge >= 0.3 is 0 Å². The predicted molar refractivity (Wildman–Crippen MR) is 74.6 cm³/mol. The van der Waals surface area contributed by atoms with Crippen LogP contribution < -0.4 is 0 Å². The Bertz CT molecular complexity index is 479. The first-order valence-corrected chi connectivity index (χ1v) is 7.25. The molecule has 0 aromatic heterocycles. The number of ether oxygens (including phenoxy) is 1. The van der Waals surface area contributed by atoms with Gasteiger partial charge in [-0.05, 0) is 30.9 Å². The summed E-state index contributed by atoms with van der Waals surface area (Å²) in [4.78, 5) is 13.7. The summed E-state index contributed by atoms with van der Waals surface area (Å²) in [5.74, 6) is -1.84. The number of nitrogens with zero attached hydrogens (tertiary/aromatic N) is 1. The molecule has 0 radical (unpaired) electrons. The lowest BCUT2D eigenvalue weighted by molar-refractivity contribution is 0.0605. The summed E-state index contributed by atoms with van der Waals surface area (Å²) in [6.45, 7) is 1.66. The van der Waals surface area contributed by atoms with E-state index in [1.165, 1.54) is 4.90 Å². The van der Waals surface area contributed by atoms with Crippen molar-refractivity contribution in [3.05, 3.63) is 33.8 Å². The number of benzene rings is 1. The van der Waals surface area contributed by atoms with E-state index >= 15 is 0 Å². The lowest BCUT2D eigenvalue weighted by Gasteiger charge is -2.31. The Balaban J connectivity index is 2.10. The van der Waals surface area contributed by atoms with E-state index in [4.69, 9.17) is 4.74 Å². The van der Waals surface area contributed by atoms with Gasteiger partial charge in [0.05, 0.1) is 0 Å². The maximum Gasteiger partial charge on any atom is 0.259 e. The van der Waals surface area contributed by atoms with Gasteiger partial charge in [0.1, 0.15) is 17.2 Å². The van der Waals surface area contributed by atoms with Crippen molar-refractivity contribution < 1.29 is 18.3 Å². The highest BCUT2D eigenvalue weighted by Gasteiger charge is 2.27. The number of halogens is 3. The normalized spacial score (nSPS) is 16.5. The topological polar surface area (TPSA) is 29.5 Å². The Morgan fingerprint density at radius 1 is 1.35 bits per heavy atom. The molecule has 1 aromatic carbocycles. The van der Waals surface area contributed by atoms with Gasteiger partial charge in [-0.3, -0.25) is 4.79 Å². The zero-order valence-corrected chi connectivity index (χ0v) is 12.8. The second kappa shape index (κ2) is 6.63. The van der Waals surface area contributed by atoms with E-state index in [1.807, 2.05) is 0 Å². The standard InChI is InChI=1S/C14H16BrF2NO2/c1-20-8-9-2-4-18(5-3-9)14(19)13-11(16)6-10(15)7-12(13)17/h6-7,9H,2-5,8H2,1H3. The highest BCUT2D eigenvalue weighted by atomic mass is 79.9. The van der Waals surface area contributed by atoms with E-state index in [0.717, 1.165) is 25.0 Å². The van der Waals surface area contributed by atoms with E-state index in [0.29, 0.717) is 25.6 Å². The van der Waals surface area contributed by atoms with Gasteiger partial charge < -0.3 is 9.64 Å². The van der Waals surface area contributed by atoms with Crippen LogP contribution in [0.15, 0.2) is 16.6 Å². The van der Waals surface area contributed by atoms with Crippen LogP contribution in [-0.2, 0) is 4.74 Å². The largest absolute Gasteiger partial charge is 0.384 e. The quantitative estimate of drug-likeness (QED) is 0.840. The predicted octanol–water partition coefficient (Wildman–Crippen LogP) is 3.23. The third-order valence-electron chi connectivity index (χ3n) is 3.52. The van der Waals surface area contributed by atoms with Gasteiger partial charge in [0, 0.05) is 31.3 Å². The van der Waals surface area contributed by atoms with Gasteiger partial charge in [0.25, 0.3) is 5.91 Å². The Morgan fingerprint density at radius 2 is 1.90 bits per heavy atom. The number of amides is 1. The minimum Gasteiger partial charge on any atom is -0.384 e. The van der Waals surface area contributed by atoms with Crippen LogP contribution >= 0.6 is 15.9 Å². The zero-order chi connectivity index (χ0) is 14.7. The fourth-order valence-electron chi connectivity index (χ4n) is 2.44. The summed E-state index contributed by atoms with van der Waals surface area (Å²) in [5.41, 5.74) is -0.474. The lowest BCUT2D eigenvalue weighted by atomic mass is 9.97. The summed E-state index contributed by atoms with van der Waals surface area (Å²) >= 11 is 3.00. The maximum atomic E-state index is 13.8. The van der Waals surface area contributed by atoms with Crippen molar-refractivity contribution in [2.24, 2.45) is 5.92 Å². The molecule has 1 aliphatic heterocycles. The molecule has 0 aliphatic carbocycles. The fourth-order valence-corrected chi connectivity index (χ4v) is 2.85. The van der Waals surface area contributed by atoms with Crippen LogP contribution in [0.1, 0.15) is 23.2 Å². The van der Waals surface area contributed by atoms with Crippen molar-refractivity contribution in [3.8, 4) is 0 Å². The SMILES string of the molecule is COCC1CCN(C(=O)c2c(F)cc(Br)cc2F)CC1. The van der Waals surface area contributed by atoms with Crippen LogP contribution in [0.25, 0.3) is 0 Å². The molecule has 1 aliphatic rings. The highest BCUT2D eigenvalue weighted by Crippen LogP contribution is 2.24. The summed E-state index contributed by atoms with van der Waals surface area (Å²) in [6.07, 6.45) is 1.58. The van der Waals surface area contributed by atoms with Crippen LogP contribution in [0.4, 0.5) is 8.78 Å². The van der Waals surface area contributed by atoms with Gasteiger partial charge in [0.15, 0.2) is 0 Å². The molecule has 0 spiro atoms. The van der Waals surface area contributed by atoms with Gasteiger partial charge in [-0.1, -0.05) is 15.9 Å².